The molecular weight excluding hydrogens is 362 g/mol. The number of ether oxygens (including phenoxy) is 2. The molecule has 0 spiro atoms. The van der Waals surface area contributed by atoms with E-state index >= 15 is 0 Å². The maximum atomic E-state index is 12.3. The second-order valence-corrected chi connectivity index (χ2v) is 6.99. The van der Waals surface area contributed by atoms with E-state index in [0.29, 0.717) is 23.6 Å². The van der Waals surface area contributed by atoms with Crippen LogP contribution in [0.4, 0.5) is 0 Å². The maximum Gasteiger partial charge on any atom is 0.220 e. The molecule has 0 aliphatic rings. The molecule has 0 saturated carbocycles. The van der Waals surface area contributed by atoms with Crippen molar-refractivity contribution in [1.82, 2.24) is 5.32 Å². The molecule has 27 heavy (non-hydrogen) atoms. The molecular formula is C21H25NO4S. The summed E-state index contributed by atoms with van der Waals surface area (Å²) in [5.74, 6) is 2.63. The second-order valence-electron chi connectivity index (χ2n) is 5.88. The molecule has 0 aliphatic carbocycles. The van der Waals surface area contributed by atoms with E-state index in [2.05, 4.69) is 17.4 Å². The Morgan fingerprint density at radius 3 is 2.41 bits per heavy atom. The van der Waals surface area contributed by atoms with Crippen molar-refractivity contribution in [3.05, 3.63) is 59.7 Å². The molecule has 0 unspecified atom stereocenters. The van der Waals surface area contributed by atoms with E-state index in [9.17, 15) is 9.59 Å². The summed E-state index contributed by atoms with van der Waals surface area (Å²) in [5.41, 5.74) is 1.79. The van der Waals surface area contributed by atoms with Crippen LogP contribution in [0.25, 0.3) is 0 Å². The molecule has 6 heteroatoms. The number of methoxy groups -OCH3 is 2. The molecule has 0 atom stereocenters. The lowest BCUT2D eigenvalue weighted by molar-refractivity contribution is -0.120. The predicted octanol–water partition coefficient (Wildman–Crippen LogP) is 3.72. The number of rotatable bonds is 11. The van der Waals surface area contributed by atoms with Crippen molar-refractivity contribution in [2.24, 2.45) is 0 Å². The van der Waals surface area contributed by atoms with Gasteiger partial charge in [0.1, 0.15) is 0 Å². The van der Waals surface area contributed by atoms with Crippen LogP contribution in [-0.2, 0) is 10.5 Å². The van der Waals surface area contributed by atoms with Gasteiger partial charge in [-0.2, -0.15) is 11.8 Å². The molecule has 0 bridgehead atoms. The quantitative estimate of drug-likeness (QED) is 0.470. The lowest BCUT2D eigenvalue weighted by atomic mass is 10.1. The highest BCUT2D eigenvalue weighted by atomic mass is 32.2. The Balaban J connectivity index is 1.67. The molecule has 0 heterocycles. The Morgan fingerprint density at radius 2 is 1.70 bits per heavy atom. The van der Waals surface area contributed by atoms with Gasteiger partial charge in [0.2, 0.25) is 5.91 Å². The molecule has 1 amide bonds. The number of thioether (sulfide) groups is 1. The summed E-state index contributed by atoms with van der Waals surface area (Å²) in [6, 6.07) is 15.2. The van der Waals surface area contributed by atoms with Crippen LogP contribution in [0, 0.1) is 0 Å². The van der Waals surface area contributed by atoms with Crippen molar-refractivity contribution in [2.45, 2.75) is 18.6 Å². The number of carbonyl (C=O) groups is 2. The Kier molecular flexibility index (Phi) is 8.71. The Labute approximate surface area is 164 Å². The average Bonchev–Trinajstić information content (AvgIpc) is 2.71. The van der Waals surface area contributed by atoms with Gasteiger partial charge in [0, 0.05) is 36.5 Å². The highest BCUT2D eigenvalue weighted by Crippen LogP contribution is 2.28. The molecule has 2 aromatic rings. The molecule has 0 fully saturated rings. The zero-order chi connectivity index (χ0) is 19.5. The molecule has 5 nitrogen and oxygen atoms in total. The summed E-state index contributed by atoms with van der Waals surface area (Å²) in [6.45, 7) is 0.598. The topological polar surface area (TPSA) is 64.6 Å². The number of benzene rings is 2. The summed E-state index contributed by atoms with van der Waals surface area (Å²) in [4.78, 5) is 24.2. The summed E-state index contributed by atoms with van der Waals surface area (Å²) in [6.07, 6.45) is 0.342. The van der Waals surface area contributed by atoms with Gasteiger partial charge in [-0.1, -0.05) is 30.3 Å². The number of carbonyl (C=O) groups excluding carboxylic acids is 2. The van der Waals surface area contributed by atoms with Crippen LogP contribution >= 0.6 is 11.8 Å². The molecule has 2 aromatic carbocycles. The number of Topliss-reactive ketones (excluding diaryl/α,β-unsaturated/α-hetero) is 1. The van der Waals surface area contributed by atoms with E-state index in [1.54, 1.807) is 37.1 Å². The maximum absolute atomic E-state index is 12.3. The molecule has 2 rings (SSSR count). The average molecular weight is 388 g/mol. The first-order valence-electron chi connectivity index (χ1n) is 8.77. The van der Waals surface area contributed by atoms with Gasteiger partial charge in [-0.25, -0.2) is 0 Å². The standard InChI is InChI=1S/C21H25NO4S/c1-25-19-10-8-17(14-20(19)26-2)18(23)9-11-21(24)22-12-13-27-15-16-6-4-3-5-7-16/h3-8,10,14H,9,11-13,15H2,1-2H3,(H,22,24). The number of ketones is 1. The minimum atomic E-state index is -0.107. The smallest absolute Gasteiger partial charge is 0.220 e. The van der Waals surface area contributed by atoms with Gasteiger partial charge in [-0.3, -0.25) is 9.59 Å². The van der Waals surface area contributed by atoms with Gasteiger partial charge < -0.3 is 14.8 Å². The van der Waals surface area contributed by atoms with Crippen LogP contribution in [0.3, 0.4) is 0 Å². The zero-order valence-corrected chi connectivity index (χ0v) is 16.5. The van der Waals surface area contributed by atoms with Crippen molar-refractivity contribution in [1.29, 1.82) is 0 Å². The van der Waals surface area contributed by atoms with Crippen LogP contribution in [0.5, 0.6) is 11.5 Å². The van der Waals surface area contributed by atoms with Gasteiger partial charge in [0.25, 0.3) is 0 Å². The SMILES string of the molecule is COc1ccc(C(=O)CCC(=O)NCCSCc2ccccc2)cc1OC. The van der Waals surface area contributed by atoms with Gasteiger partial charge in [0.05, 0.1) is 14.2 Å². The van der Waals surface area contributed by atoms with Crippen molar-refractivity contribution < 1.29 is 19.1 Å². The highest BCUT2D eigenvalue weighted by molar-refractivity contribution is 7.98. The fraction of sp³-hybridized carbons (Fsp3) is 0.333. The van der Waals surface area contributed by atoms with E-state index in [-0.39, 0.29) is 24.5 Å². The fourth-order valence-electron chi connectivity index (χ4n) is 2.50. The van der Waals surface area contributed by atoms with Gasteiger partial charge in [-0.15, -0.1) is 0 Å². The summed E-state index contributed by atoms with van der Waals surface area (Å²) >= 11 is 1.77. The first-order valence-corrected chi connectivity index (χ1v) is 9.93. The largest absolute Gasteiger partial charge is 0.493 e. The molecule has 144 valence electrons. The number of hydrogen-bond acceptors (Lipinski definition) is 5. The third-order valence-corrected chi connectivity index (χ3v) is 5.00. The van der Waals surface area contributed by atoms with Crippen LogP contribution in [0.1, 0.15) is 28.8 Å². The fourth-order valence-corrected chi connectivity index (χ4v) is 3.32. The van der Waals surface area contributed by atoms with E-state index in [0.717, 1.165) is 11.5 Å². The van der Waals surface area contributed by atoms with Crippen LogP contribution < -0.4 is 14.8 Å². The highest BCUT2D eigenvalue weighted by Gasteiger charge is 2.12. The van der Waals surface area contributed by atoms with E-state index in [1.807, 2.05) is 18.2 Å². The Morgan fingerprint density at radius 1 is 0.963 bits per heavy atom. The summed E-state index contributed by atoms with van der Waals surface area (Å²) in [7, 11) is 3.07. The number of nitrogens with one attached hydrogen (secondary N) is 1. The Hall–Kier alpha value is -2.47. The lowest BCUT2D eigenvalue weighted by Crippen LogP contribution is -2.26. The zero-order valence-electron chi connectivity index (χ0n) is 15.7. The van der Waals surface area contributed by atoms with E-state index in [4.69, 9.17) is 9.47 Å². The second kappa shape index (κ2) is 11.3. The van der Waals surface area contributed by atoms with E-state index < -0.39 is 0 Å². The summed E-state index contributed by atoms with van der Waals surface area (Å²) < 4.78 is 10.4. The van der Waals surface area contributed by atoms with E-state index in [1.165, 1.54) is 12.7 Å². The normalized spacial score (nSPS) is 10.3. The van der Waals surface area contributed by atoms with Gasteiger partial charge in [-0.05, 0) is 23.8 Å². The van der Waals surface area contributed by atoms with Crippen LogP contribution in [0.2, 0.25) is 0 Å². The molecule has 0 saturated heterocycles. The monoisotopic (exact) mass is 387 g/mol. The van der Waals surface area contributed by atoms with Crippen LogP contribution in [0.15, 0.2) is 48.5 Å². The Bertz CT molecular complexity index is 749. The molecule has 0 aromatic heterocycles. The van der Waals surface area contributed by atoms with Gasteiger partial charge >= 0.3 is 0 Å². The molecule has 0 radical (unpaired) electrons. The van der Waals surface area contributed by atoms with Crippen molar-refractivity contribution in [2.75, 3.05) is 26.5 Å². The van der Waals surface area contributed by atoms with Crippen molar-refractivity contribution in [3.63, 3.8) is 0 Å². The summed E-state index contributed by atoms with van der Waals surface area (Å²) in [5, 5.41) is 2.86. The number of hydrogen-bond donors (Lipinski definition) is 1. The van der Waals surface area contributed by atoms with Crippen molar-refractivity contribution in [3.8, 4) is 11.5 Å². The minimum absolute atomic E-state index is 0.0930. The third kappa shape index (κ3) is 6.98. The van der Waals surface area contributed by atoms with Crippen molar-refractivity contribution >= 4 is 23.5 Å². The molecule has 1 N–H and O–H groups in total. The number of amides is 1. The predicted molar refractivity (Wildman–Crippen MR) is 109 cm³/mol. The minimum Gasteiger partial charge on any atom is -0.493 e. The first-order chi connectivity index (χ1) is 13.1. The molecule has 0 aliphatic heterocycles. The van der Waals surface area contributed by atoms with Gasteiger partial charge in [0.15, 0.2) is 17.3 Å². The third-order valence-electron chi connectivity index (χ3n) is 3.96. The first kappa shape index (κ1) is 20.8. The van der Waals surface area contributed by atoms with Crippen LogP contribution in [-0.4, -0.2) is 38.2 Å². The lowest BCUT2D eigenvalue weighted by Gasteiger charge is -2.09.